The van der Waals surface area contributed by atoms with Gasteiger partial charge in [-0.05, 0) is 19.1 Å². The predicted octanol–water partition coefficient (Wildman–Crippen LogP) is -1.04. The van der Waals surface area contributed by atoms with Crippen molar-refractivity contribution >= 4 is 23.9 Å². The van der Waals surface area contributed by atoms with Gasteiger partial charge in [0.2, 0.25) is 0 Å². The highest BCUT2D eigenvalue weighted by molar-refractivity contribution is 5.86. The van der Waals surface area contributed by atoms with Gasteiger partial charge in [-0.1, -0.05) is 0 Å². The third kappa shape index (κ3) is 6.77. The molecule has 202 valence electrons. The minimum Gasteiger partial charge on any atom is -0.450 e. The van der Waals surface area contributed by atoms with Crippen LogP contribution in [0.1, 0.15) is 19.4 Å². The maximum absolute atomic E-state index is 12.6. The van der Waals surface area contributed by atoms with Crippen LogP contribution < -0.4 is 22.0 Å². The lowest BCUT2D eigenvalue weighted by molar-refractivity contribution is -0.0992. The molecule has 2 aromatic heterocycles. The molecule has 4 unspecified atom stereocenters. The number of carbonyl (C=O) groups is 2. The van der Waals surface area contributed by atoms with Gasteiger partial charge < -0.3 is 44.7 Å². The van der Waals surface area contributed by atoms with Crippen molar-refractivity contribution in [1.29, 1.82) is 0 Å². The first-order valence-corrected chi connectivity index (χ1v) is 10.6. The average Bonchev–Trinajstić information content (AvgIpc) is 3.49. The Morgan fingerprint density at radius 1 is 1.08 bits per heavy atom. The Labute approximate surface area is 206 Å². The van der Waals surface area contributed by atoms with Gasteiger partial charge in [0, 0.05) is 12.4 Å². The summed E-state index contributed by atoms with van der Waals surface area (Å²) in [6.07, 6.45) is -3.86. The maximum atomic E-state index is 12.6. The molecule has 0 bridgehead atoms. The monoisotopic (exact) mass is 528 g/mol. The third-order valence-corrected chi connectivity index (χ3v) is 4.75. The van der Waals surface area contributed by atoms with Crippen molar-refractivity contribution in [2.45, 2.75) is 32.1 Å². The molecular weight excluding hydrogens is 504 g/mol. The van der Waals surface area contributed by atoms with Crippen LogP contribution in [0.5, 0.6) is 0 Å². The number of anilines is 2. The van der Waals surface area contributed by atoms with Gasteiger partial charge in [-0.2, -0.15) is 9.97 Å². The summed E-state index contributed by atoms with van der Waals surface area (Å²) < 4.78 is 29.2. The topological polar surface area (TPSA) is 240 Å². The molecule has 0 saturated carbocycles. The van der Waals surface area contributed by atoms with Crippen molar-refractivity contribution in [3.63, 3.8) is 0 Å². The first-order chi connectivity index (χ1) is 17.6. The number of hydrogen-bond acceptors (Lipinski definition) is 13. The first-order valence-electron chi connectivity index (χ1n) is 10.6. The Balaban J connectivity index is 0.000000886. The van der Waals surface area contributed by atoms with Crippen molar-refractivity contribution in [2.24, 2.45) is 0 Å². The summed E-state index contributed by atoms with van der Waals surface area (Å²) in [5.74, 6) is -0.0627. The molecule has 2 aliphatic heterocycles. The lowest BCUT2D eigenvalue weighted by atomic mass is 10.5. The van der Waals surface area contributed by atoms with E-state index in [0.29, 0.717) is 0 Å². The van der Waals surface area contributed by atoms with E-state index in [2.05, 4.69) is 9.97 Å². The molecule has 2 aromatic rings. The van der Waals surface area contributed by atoms with Crippen LogP contribution in [-0.4, -0.2) is 85.8 Å². The second-order valence-corrected chi connectivity index (χ2v) is 7.14. The Morgan fingerprint density at radius 2 is 1.68 bits per heavy atom. The predicted molar refractivity (Wildman–Crippen MR) is 118 cm³/mol. The average molecular weight is 528 g/mol. The molecular formula is C19H24N6O12. The number of amides is 1. The Hall–Kier alpha value is -4.10. The summed E-state index contributed by atoms with van der Waals surface area (Å²) in [7, 11) is 0. The van der Waals surface area contributed by atoms with E-state index in [1.54, 1.807) is 6.92 Å². The van der Waals surface area contributed by atoms with E-state index >= 15 is 0 Å². The normalized spacial score (nSPS) is 22.6. The highest BCUT2D eigenvalue weighted by Crippen LogP contribution is 2.27. The lowest BCUT2D eigenvalue weighted by Gasteiger charge is -2.26. The van der Waals surface area contributed by atoms with E-state index in [1.165, 1.54) is 24.5 Å². The van der Waals surface area contributed by atoms with Crippen molar-refractivity contribution in [2.75, 3.05) is 37.1 Å². The van der Waals surface area contributed by atoms with Crippen molar-refractivity contribution in [3.05, 3.63) is 45.5 Å². The van der Waals surface area contributed by atoms with Crippen LogP contribution in [0.25, 0.3) is 0 Å². The van der Waals surface area contributed by atoms with Crippen LogP contribution >= 0.6 is 0 Å². The first kappa shape index (κ1) is 27.5. The lowest BCUT2D eigenvalue weighted by Crippen LogP contribution is -2.44. The van der Waals surface area contributed by atoms with Gasteiger partial charge in [0.1, 0.15) is 11.6 Å². The van der Waals surface area contributed by atoms with Crippen molar-refractivity contribution in [1.82, 2.24) is 19.1 Å². The van der Waals surface area contributed by atoms with E-state index in [0.717, 1.165) is 14.0 Å². The minimum atomic E-state index is -1.83. The van der Waals surface area contributed by atoms with Crippen LogP contribution in [0, 0.1) is 0 Å². The summed E-state index contributed by atoms with van der Waals surface area (Å²) >= 11 is 0. The molecule has 0 aliphatic carbocycles. The number of nitrogen functional groups attached to an aromatic ring is 1. The molecule has 2 saturated heterocycles. The minimum absolute atomic E-state index is 0.0364. The highest BCUT2D eigenvalue weighted by Gasteiger charge is 2.38. The fourth-order valence-corrected chi connectivity index (χ4v) is 3.23. The van der Waals surface area contributed by atoms with Crippen LogP contribution in [0.2, 0.25) is 0 Å². The van der Waals surface area contributed by atoms with Gasteiger partial charge in [0.25, 0.3) is 6.41 Å². The standard InChI is InChI=1S/C18H22N6O9.CH2O3/c1-2-29-17(28)24(18-31-9-13(33-18)22-5-3-10(19)20-15(22)26)11-4-6-23(16(27)21-11)12-8-30-14(7-25)32-12;2-1(3)4/h3-6,12-14,18,25H,2,7-9H2,1H3,(H2,19,20,26);(H2,2,3,4). The zero-order chi connectivity index (χ0) is 27.1. The second kappa shape index (κ2) is 12.2. The van der Waals surface area contributed by atoms with Crippen LogP contribution in [-0.2, 0) is 23.7 Å². The van der Waals surface area contributed by atoms with Crippen LogP contribution in [0.4, 0.5) is 21.2 Å². The smallest absolute Gasteiger partial charge is 0.450 e. The Kier molecular flexibility index (Phi) is 9.09. The van der Waals surface area contributed by atoms with E-state index in [9.17, 15) is 14.4 Å². The molecule has 4 rings (SSSR count). The molecule has 18 heteroatoms. The van der Waals surface area contributed by atoms with Crippen molar-refractivity contribution < 1.29 is 48.6 Å². The largest absolute Gasteiger partial charge is 0.503 e. The molecule has 0 aromatic carbocycles. The van der Waals surface area contributed by atoms with Crippen LogP contribution in [0.15, 0.2) is 34.1 Å². The van der Waals surface area contributed by atoms with Crippen LogP contribution in [0.3, 0.4) is 0 Å². The summed E-state index contributed by atoms with van der Waals surface area (Å²) in [5, 5.41) is 23.1. The number of aliphatic hydroxyl groups is 1. The summed E-state index contributed by atoms with van der Waals surface area (Å²) in [6.45, 7) is 1.22. The van der Waals surface area contributed by atoms with Gasteiger partial charge >= 0.3 is 23.6 Å². The summed E-state index contributed by atoms with van der Waals surface area (Å²) in [5.41, 5.74) is 4.10. The Morgan fingerprint density at radius 3 is 2.24 bits per heavy atom. The van der Waals surface area contributed by atoms with Gasteiger partial charge in [-0.15, -0.1) is 0 Å². The molecule has 4 atom stereocenters. The van der Waals surface area contributed by atoms with Gasteiger partial charge in [-0.3, -0.25) is 9.13 Å². The van der Waals surface area contributed by atoms with Crippen molar-refractivity contribution in [3.8, 4) is 0 Å². The quantitative estimate of drug-likeness (QED) is 0.350. The third-order valence-electron chi connectivity index (χ3n) is 4.75. The molecule has 0 radical (unpaired) electrons. The van der Waals surface area contributed by atoms with E-state index in [-0.39, 0.29) is 38.1 Å². The zero-order valence-electron chi connectivity index (χ0n) is 19.3. The zero-order valence-corrected chi connectivity index (χ0v) is 19.3. The molecule has 1 amide bonds. The number of nitrogens with zero attached hydrogens (tertiary/aromatic N) is 5. The van der Waals surface area contributed by atoms with Gasteiger partial charge in [0.05, 0.1) is 26.4 Å². The SMILES string of the molecule is CCOC(=O)N(c1ccn(C2COC(CO)O2)c(=O)n1)C1OCC(n2ccc(N)nc2=O)O1.O=C(O)O. The number of carbonyl (C=O) groups excluding carboxylic acids is 1. The number of rotatable bonds is 6. The molecule has 2 fully saturated rings. The number of ether oxygens (including phenoxy) is 5. The number of carboxylic acid groups (broad SMARTS) is 2. The molecule has 4 heterocycles. The van der Waals surface area contributed by atoms with E-state index < -0.39 is 48.8 Å². The Bertz CT molecular complexity index is 1210. The molecule has 0 spiro atoms. The van der Waals surface area contributed by atoms with Gasteiger partial charge in [0.15, 0.2) is 18.7 Å². The molecule has 18 nitrogen and oxygen atoms in total. The molecule has 2 aliphatic rings. The second-order valence-electron chi connectivity index (χ2n) is 7.14. The fourth-order valence-electron chi connectivity index (χ4n) is 3.23. The number of nitrogens with two attached hydrogens (primary N) is 1. The highest BCUT2D eigenvalue weighted by atomic mass is 16.8. The molecule has 37 heavy (non-hydrogen) atoms. The number of aromatic nitrogens is 4. The number of hydrogen-bond donors (Lipinski definition) is 4. The van der Waals surface area contributed by atoms with Gasteiger partial charge in [-0.25, -0.2) is 24.1 Å². The summed E-state index contributed by atoms with van der Waals surface area (Å²) in [6, 6.07) is 2.78. The summed E-state index contributed by atoms with van der Waals surface area (Å²) in [4.78, 5) is 54.4. The molecule has 5 N–H and O–H groups in total. The van der Waals surface area contributed by atoms with E-state index in [1.807, 2.05) is 0 Å². The maximum Gasteiger partial charge on any atom is 0.503 e. The van der Waals surface area contributed by atoms with E-state index in [4.69, 9.17) is 49.5 Å². The fraction of sp³-hybridized carbons (Fsp3) is 0.474. The number of aliphatic hydroxyl groups excluding tert-OH is 1.